The molecule has 3 heterocycles. The first-order valence-electron chi connectivity index (χ1n) is 9.92. The van der Waals surface area contributed by atoms with Gasteiger partial charge in [-0.15, -0.1) is 0 Å². The molecule has 2 aromatic carbocycles. The molecule has 7 nitrogen and oxygen atoms in total. The molecule has 1 amide bonds. The number of nitrogen functional groups attached to an aromatic ring is 1. The fourth-order valence-electron chi connectivity index (χ4n) is 4.78. The molecule has 146 valence electrons. The summed E-state index contributed by atoms with van der Waals surface area (Å²) in [7, 11) is 5.96. The van der Waals surface area contributed by atoms with E-state index in [1.807, 2.05) is 45.7 Å². The summed E-state index contributed by atoms with van der Waals surface area (Å²) in [6.07, 6.45) is 4.09. The van der Waals surface area contributed by atoms with Crippen molar-refractivity contribution in [1.82, 2.24) is 19.3 Å². The fraction of sp³-hybridized carbons (Fsp3) is 0.227. The quantitative estimate of drug-likeness (QED) is 0.493. The summed E-state index contributed by atoms with van der Waals surface area (Å²) in [6, 6.07) is 11.3. The Bertz CT molecular complexity index is 1330. The number of aromatic nitrogens is 3. The van der Waals surface area contributed by atoms with E-state index in [1.165, 1.54) is 0 Å². The molecule has 1 aliphatic heterocycles. The molecular weight excluding hydrogens is 377 g/mol. The highest BCUT2D eigenvalue weighted by Crippen LogP contribution is 2.40. The fourth-order valence-corrected chi connectivity index (χ4v) is 4.78. The van der Waals surface area contributed by atoms with Crippen molar-refractivity contribution >= 4 is 41.6 Å². The van der Waals surface area contributed by atoms with Gasteiger partial charge in [-0.3, -0.25) is 9.20 Å². The average molecular weight is 395 g/mol. The van der Waals surface area contributed by atoms with Crippen LogP contribution in [0, 0.1) is 0 Å². The van der Waals surface area contributed by atoms with E-state index >= 15 is 0 Å². The summed E-state index contributed by atoms with van der Waals surface area (Å²) in [5.41, 5.74) is 11.9. The number of imidazole rings is 1. The lowest BCUT2D eigenvalue weighted by atomic mass is 9.92. The third-order valence-corrected chi connectivity index (χ3v) is 6.14. The number of anilines is 1. The molecule has 1 saturated heterocycles. The number of hydrogen-bond donors (Lipinski definition) is 1. The van der Waals surface area contributed by atoms with Crippen molar-refractivity contribution in [3.63, 3.8) is 0 Å². The van der Waals surface area contributed by atoms with Crippen molar-refractivity contribution in [3.05, 3.63) is 65.6 Å². The van der Waals surface area contributed by atoms with Crippen LogP contribution in [-0.4, -0.2) is 52.3 Å². The maximum atomic E-state index is 13.6. The van der Waals surface area contributed by atoms with Gasteiger partial charge in [0.2, 0.25) is 0 Å². The predicted molar refractivity (Wildman–Crippen MR) is 114 cm³/mol. The van der Waals surface area contributed by atoms with Gasteiger partial charge in [0.1, 0.15) is 19.2 Å². The Morgan fingerprint density at radius 2 is 2.10 bits per heavy atom. The number of amides is 1. The van der Waals surface area contributed by atoms with Crippen LogP contribution in [0.4, 0.5) is 5.82 Å². The van der Waals surface area contributed by atoms with Crippen molar-refractivity contribution in [1.29, 1.82) is 0 Å². The van der Waals surface area contributed by atoms with Gasteiger partial charge in [0.05, 0.1) is 42.3 Å². The van der Waals surface area contributed by atoms with E-state index in [-0.39, 0.29) is 18.1 Å². The predicted octanol–water partition coefficient (Wildman–Crippen LogP) is 1.40. The van der Waals surface area contributed by atoms with Gasteiger partial charge in [-0.1, -0.05) is 23.7 Å². The Morgan fingerprint density at radius 1 is 1.20 bits per heavy atom. The molecule has 0 spiro atoms. The molecule has 2 unspecified atom stereocenters. The normalized spacial score (nSPS) is 20.5. The Kier molecular flexibility index (Phi) is 3.67. The number of carbonyl (C=O) groups excluding carboxylic acids is 1. The minimum atomic E-state index is -0.102. The van der Waals surface area contributed by atoms with E-state index in [1.54, 1.807) is 12.5 Å². The van der Waals surface area contributed by atoms with Gasteiger partial charge >= 0.3 is 0 Å². The van der Waals surface area contributed by atoms with E-state index < -0.39 is 0 Å². The van der Waals surface area contributed by atoms with Crippen LogP contribution in [0.25, 0.3) is 16.6 Å². The molecule has 8 heteroatoms. The smallest absolute Gasteiger partial charge is 0.254 e. The zero-order valence-electron chi connectivity index (χ0n) is 16.2. The van der Waals surface area contributed by atoms with E-state index in [9.17, 15) is 4.79 Å². The largest absolute Gasteiger partial charge is 0.382 e. The second-order valence-corrected chi connectivity index (χ2v) is 7.86. The lowest BCUT2D eigenvalue weighted by Gasteiger charge is -2.38. The van der Waals surface area contributed by atoms with Crippen LogP contribution in [0.5, 0.6) is 0 Å². The van der Waals surface area contributed by atoms with Crippen LogP contribution in [0.15, 0.2) is 48.9 Å². The van der Waals surface area contributed by atoms with E-state index in [4.69, 9.17) is 18.3 Å². The molecule has 30 heavy (non-hydrogen) atoms. The van der Waals surface area contributed by atoms with E-state index in [2.05, 4.69) is 9.97 Å². The molecule has 2 N–H and O–H groups in total. The molecule has 2 aliphatic rings. The maximum Gasteiger partial charge on any atom is 0.254 e. The topological polar surface area (TPSA) is 85.8 Å². The second kappa shape index (κ2) is 6.30. The Balaban J connectivity index is 1.43. The van der Waals surface area contributed by atoms with Crippen molar-refractivity contribution in [2.24, 2.45) is 0 Å². The number of rotatable bonds is 1. The van der Waals surface area contributed by atoms with E-state index in [0.717, 1.165) is 39.6 Å². The minimum absolute atomic E-state index is 0.0232. The van der Waals surface area contributed by atoms with Crippen LogP contribution in [0.3, 0.4) is 0 Å². The Labute approximate surface area is 173 Å². The first kappa shape index (κ1) is 17.5. The SMILES string of the molecule is [B]c1ccc2c(c1)CC1OCCN(C(=O)c3ccc4nc(N)c5cncn5c4c3)C21. The van der Waals surface area contributed by atoms with Gasteiger partial charge in [-0.25, -0.2) is 9.97 Å². The highest BCUT2D eigenvalue weighted by atomic mass is 16.5. The molecule has 0 saturated carbocycles. The summed E-state index contributed by atoms with van der Waals surface area (Å²) >= 11 is 0. The van der Waals surface area contributed by atoms with Gasteiger partial charge < -0.3 is 15.4 Å². The first-order valence-corrected chi connectivity index (χ1v) is 9.92. The standard InChI is InChI=1S/C22H18BN5O2/c23-14-2-3-15-13(7-14)9-19-20(15)27(5-6-30-19)22(29)12-1-4-16-17(8-12)28-11-25-10-18(28)21(24)26-16/h1-4,7-8,10-11,19-20H,5-6,9H2,(H2,24,26). The number of ether oxygens (including phenoxy) is 1. The zero-order valence-corrected chi connectivity index (χ0v) is 16.2. The summed E-state index contributed by atoms with van der Waals surface area (Å²) in [5, 5.41) is 0. The lowest BCUT2D eigenvalue weighted by Crippen LogP contribution is -2.46. The van der Waals surface area contributed by atoms with Gasteiger partial charge in [0, 0.05) is 18.5 Å². The number of nitrogens with zero attached hydrogens (tertiary/aromatic N) is 4. The van der Waals surface area contributed by atoms with Gasteiger partial charge in [0.15, 0.2) is 0 Å². The lowest BCUT2D eigenvalue weighted by molar-refractivity contribution is -0.0516. The Hall–Kier alpha value is -3.39. The van der Waals surface area contributed by atoms with Crippen LogP contribution in [0.2, 0.25) is 0 Å². The molecule has 2 radical (unpaired) electrons. The van der Waals surface area contributed by atoms with Crippen molar-refractivity contribution in [3.8, 4) is 0 Å². The summed E-state index contributed by atoms with van der Waals surface area (Å²) in [6.45, 7) is 1.07. The average Bonchev–Trinajstić information content (AvgIpc) is 3.38. The summed E-state index contributed by atoms with van der Waals surface area (Å²) < 4.78 is 7.87. The number of fused-ring (bicyclic) bond motifs is 6. The van der Waals surface area contributed by atoms with Gasteiger partial charge in [0.25, 0.3) is 5.91 Å². The molecule has 2 aromatic heterocycles. The summed E-state index contributed by atoms with van der Waals surface area (Å²) in [4.78, 5) is 24.1. The van der Waals surface area contributed by atoms with E-state index in [0.29, 0.717) is 24.5 Å². The van der Waals surface area contributed by atoms with Crippen LogP contribution in [0.1, 0.15) is 27.5 Å². The molecule has 6 rings (SSSR count). The number of morpholine rings is 1. The Morgan fingerprint density at radius 3 is 3.00 bits per heavy atom. The van der Waals surface area contributed by atoms with Crippen LogP contribution >= 0.6 is 0 Å². The molecule has 2 atom stereocenters. The highest BCUT2D eigenvalue weighted by Gasteiger charge is 2.42. The molecular formula is C22H18BN5O2. The number of carbonyl (C=O) groups is 1. The molecule has 0 bridgehead atoms. The zero-order chi connectivity index (χ0) is 20.4. The monoisotopic (exact) mass is 395 g/mol. The number of hydrogen-bond acceptors (Lipinski definition) is 5. The molecule has 1 fully saturated rings. The van der Waals surface area contributed by atoms with Crippen molar-refractivity contribution < 1.29 is 9.53 Å². The van der Waals surface area contributed by atoms with Gasteiger partial charge in [-0.2, -0.15) is 0 Å². The highest BCUT2D eigenvalue weighted by molar-refractivity contribution is 6.32. The second-order valence-electron chi connectivity index (χ2n) is 7.86. The third kappa shape index (κ3) is 2.47. The third-order valence-electron chi connectivity index (χ3n) is 6.14. The first-order chi connectivity index (χ1) is 14.6. The van der Waals surface area contributed by atoms with Crippen LogP contribution in [-0.2, 0) is 11.2 Å². The number of benzene rings is 2. The summed E-state index contributed by atoms with van der Waals surface area (Å²) in [5.74, 6) is 0.391. The minimum Gasteiger partial charge on any atom is -0.382 e. The van der Waals surface area contributed by atoms with Crippen molar-refractivity contribution in [2.75, 3.05) is 18.9 Å². The molecule has 4 aromatic rings. The number of nitrogens with two attached hydrogens (primary N) is 1. The maximum absolute atomic E-state index is 13.6. The van der Waals surface area contributed by atoms with Crippen molar-refractivity contribution in [2.45, 2.75) is 18.6 Å². The molecule has 1 aliphatic carbocycles. The van der Waals surface area contributed by atoms with Crippen LogP contribution < -0.4 is 11.2 Å². The van der Waals surface area contributed by atoms with Gasteiger partial charge in [-0.05, 0) is 29.3 Å².